The second-order valence-electron chi connectivity index (χ2n) is 5.52. The molecule has 0 aliphatic rings. The number of nitrogens with two attached hydrogens (primary N) is 1. The molecule has 134 valence electrons. The van der Waals surface area contributed by atoms with Crippen LogP contribution in [-0.4, -0.2) is 50.1 Å². The highest BCUT2D eigenvalue weighted by molar-refractivity contribution is 5.86. The third kappa shape index (κ3) is 4.98. The first-order valence-corrected chi connectivity index (χ1v) is 7.70. The SMILES string of the molecule is CC(C(=O)N(C)CC(=O)NCc1nc(CN)cc(=O)[nH]1)n1cccn1. The first-order chi connectivity index (χ1) is 11.9. The van der Waals surface area contributed by atoms with E-state index in [1.165, 1.54) is 22.7 Å². The molecule has 0 aromatic carbocycles. The van der Waals surface area contributed by atoms with Crippen LogP contribution >= 0.6 is 0 Å². The first kappa shape index (κ1) is 18.3. The number of aromatic nitrogens is 4. The van der Waals surface area contributed by atoms with Gasteiger partial charge < -0.3 is 20.9 Å². The van der Waals surface area contributed by atoms with Gasteiger partial charge in [0.1, 0.15) is 11.9 Å². The molecule has 2 amide bonds. The monoisotopic (exact) mass is 347 g/mol. The second kappa shape index (κ2) is 8.20. The van der Waals surface area contributed by atoms with E-state index in [2.05, 4.69) is 20.4 Å². The van der Waals surface area contributed by atoms with Gasteiger partial charge >= 0.3 is 0 Å². The summed E-state index contributed by atoms with van der Waals surface area (Å²) in [6, 6.07) is 2.51. The lowest BCUT2D eigenvalue weighted by Crippen LogP contribution is -2.41. The molecule has 0 fully saturated rings. The Morgan fingerprint density at radius 3 is 2.88 bits per heavy atom. The number of aromatic amines is 1. The highest BCUT2D eigenvalue weighted by atomic mass is 16.2. The van der Waals surface area contributed by atoms with Crippen molar-refractivity contribution in [1.82, 2.24) is 30.0 Å². The van der Waals surface area contributed by atoms with Crippen LogP contribution in [0.5, 0.6) is 0 Å². The van der Waals surface area contributed by atoms with Gasteiger partial charge in [0.25, 0.3) is 5.56 Å². The predicted molar refractivity (Wildman–Crippen MR) is 89.2 cm³/mol. The molecule has 0 saturated heterocycles. The van der Waals surface area contributed by atoms with Gasteiger partial charge in [-0.2, -0.15) is 5.10 Å². The Morgan fingerprint density at radius 1 is 1.48 bits per heavy atom. The molecule has 2 heterocycles. The topological polar surface area (TPSA) is 139 Å². The summed E-state index contributed by atoms with van der Waals surface area (Å²) in [5.74, 6) is -0.306. The fraction of sp³-hybridized carbons (Fsp3) is 0.400. The van der Waals surface area contributed by atoms with Crippen molar-refractivity contribution in [3.63, 3.8) is 0 Å². The zero-order valence-electron chi connectivity index (χ0n) is 14.1. The Hall–Kier alpha value is -3.01. The van der Waals surface area contributed by atoms with Gasteiger partial charge in [-0.15, -0.1) is 0 Å². The van der Waals surface area contributed by atoms with Crippen LogP contribution in [0.4, 0.5) is 0 Å². The Labute approximate surface area is 144 Å². The minimum atomic E-state index is -0.507. The van der Waals surface area contributed by atoms with Crippen molar-refractivity contribution >= 4 is 11.8 Å². The van der Waals surface area contributed by atoms with E-state index in [1.807, 2.05) is 0 Å². The Balaban J connectivity index is 1.88. The molecular weight excluding hydrogens is 326 g/mol. The number of nitrogens with one attached hydrogen (secondary N) is 2. The van der Waals surface area contributed by atoms with Crippen molar-refractivity contribution in [2.24, 2.45) is 5.73 Å². The standard InChI is InChI=1S/C15H21N7O3/c1-10(22-5-3-4-18-22)15(25)21(2)9-14(24)17-8-12-19-11(7-16)6-13(23)20-12/h3-6,10H,7-9,16H2,1-2H3,(H,17,24)(H,19,20,23). The summed E-state index contributed by atoms with van der Waals surface area (Å²) < 4.78 is 1.52. The van der Waals surface area contributed by atoms with Crippen molar-refractivity contribution in [2.45, 2.75) is 26.1 Å². The van der Waals surface area contributed by atoms with Crippen molar-refractivity contribution < 1.29 is 9.59 Å². The molecule has 2 rings (SSSR count). The number of hydrogen-bond acceptors (Lipinski definition) is 6. The van der Waals surface area contributed by atoms with Crippen molar-refractivity contribution in [2.75, 3.05) is 13.6 Å². The number of hydrogen-bond donors (Lipinski definition) is 3. The zero-order chi connectivity index (χ0) is 18.4. The third-order valence-electron chi connectivity index (χ3n) is 3.54. The summed E-state index contributed by atoms with van der Waals surface area (Å²) in [4.78, 5) is 43.7. The van der Waals surface area contributed by atoms with Gasteiger partial charge in [0, 0.05) is 32.1 Å². The fourth-order valence-electron chi connectivity index (χ4n) is 2.22. The van der Waals surface area contributed by atoms with E-state index in [4.69, 9.17) is 5.73 Å². The summed E-state index contributed by atoms with van der Waals surface area (Å²) in [5, 5.41) is 6.62. The molecule has 1 atom stereocenters. The second-order valence-corrected chi connectivity index (χ2v) is 5.52. The molecule has 0 saturated carbocycles. The van der Waals surface area contributed by atoms with Gasteiger partial charge in [0.05, 0.1) is 18.8 Å². The summed E-state index contributed by atoms with van der Waals surface area (Å²) in [7, 11) is 1.54. The van der Waals surface area contributed by atoms with Crippen molar-refractivity contribution in [1.29, 1.82) is 0 Å². The molecular formula is C15H21N7O3. The highest BCUT2D eigenvalue weighted by Gasteiger charge is 2.21. The highest BCUT2D eigenvalue weighted by Crippen LogP contribution is 2.07. The molecule has 0 aliphatic heterocycles. The van der Waals surface area contributed by atoms with Gasteiger partial charge in [-0.3, -0.25) is 19.1 Å². The van der Waals surface area contributed by atoms with Crippen molar-refractivity contribution in [3.8, 4) is 0 Å². The average molecular weight is 347 g/mol. The van der Waals surface area contributed by atoms with Crippen LogP contribution in [0.25, 0.3) is 0 Å². The Kier molecular flexibility index (Phi) is 6.01. The lowest BCUT2D eigenvalue weighted by molar-refractivity contribution is -0.137. The van der Waals surface area contributed by atoms with E-state index in [-0.39, 0.29) is 37.0 Å². The van der Waals surface area contributed by atoms with Gasteiger partial charge in [0.2, 0.25) is 11.8 Å². The zero-order valence-corrected chi connectivity index (χ0v) is 14.1. The largest absolute Gasteiger partial charge is 0.347 e. The van der Waals surface area contributed by atoms with Crippen LogP contribution < -0.4 is 16.6 Å². The number of amides is 2. The summed E-state index contributed by atoms with van der Waals surface area (Å²) in [6.07, 6.45) is 3.27. The van der Waals surface area contributed by atoms with Gasteiger partial charge in [-0.1, -0.05) is 0 Å². The molecule has 0 bridgehead atoms. The fourth-order valence-corrected chi connectivity index (χ4v) is 2.22. The third-order valence-corrected chi connectivity index (χ3v) is 3.54. The van der Waals surface area contributed by atoms with Crippen LogP contribution in [0.15, 0.2) is 29.3 Å². The number of nitrogens with zero attached hydrogens (tertiary/aromatic N) is 4. The minimum absolute atomic E-state index is 0.0403. The maximum Gasteiger partial charge on any atom is 0.251 e. The number of carbonyl (C=O) groups is 2. The molecule has 10 heteroatoms. The van der Waals surface area contributed by atoms with Gasteiger partial charge in [-0.25, -0.2) is 4.98 Å². The Bertz CT molecular complexity index is 785. The van der Waals surface area contributed by atoms with Crippen LogP contribution in [0, 0.1) is 0 Å². The number of H-pyrrole nitrogens is 1. The van der Waals surface area contributed by atoms with Crippen LogP contribution in [0.3, 0.4) is 0 Å². The van der Waals surface area contributed by atoms with E-state index in [1.54, 1.807) is 25.4 Å². The Morgan fingerprint density at radius 2 is 2.24 bits per heavy atom. The first-order valence-electron chi connectivity index (χ1n) is 7.70. The van der Waals surface area contributed by atoms with Crippen LogP contribution in [-0.2, 0) is 22.7 Å². The molecule has 0 spiro atoms. The smallest absolute Gasteiger partial charge is 0.251 e. The van der Waals surface area contributed by atoms with E-state index < -0.39 is 6.04 Å². The number of rotatable bonds is 7. The normalized spacial score (nSPS) is 11.8. The lowest BCUT2D eigenvalue weighted by atomic mass is 10.3. The molecule has 2 aromatic rings. The van der Waals surface area contributed by atoms with Gasteiger partial charge in [-0.05, 0) is 13.0 Å². The molecule has 2 aromatic heterocycles. The van der Waals surface area contributed by atoms with Crippen molar-refractivity contribution in [3.05, 3.63) is 46.4 Å². The summed E-state index contributed by atoms with van der Waals surface area (Å²) >= 11 is 0. The molecule has 0 aliphatic carbocycles. The van der Waals surface area contributed by atoms with E-state index in [0.717, 1.165) is 0 Å². The average Bonchev–Trinajstić information content (AvgIpc) is 3.12. The van der Waals surface area contributed by atoms with Crippen LogP contribution in [0.1, 0.15) is 24.5 Å². The molecule has 25 heavy (non-hydrogen) atoms. The minimum Gasteiger partial charge on any atom is -0.347 e. The van der Waals surface area contributed by atoms with E-state index >= 15 is 0 Å². The quantitative estimate of drug-likeness (QED) is 0.572. The molecule has 1 unspecified atom stereocenters. The van der Waals surface area contributed by atoms with E-state index in [9.17, 15) is 14.4 Å². The molecule has 10 nitrogen and oxygen atoms in total. The maximum atomic E-state index is 12.3. The summed E-state index contributed by atoms with van der Waals surface area (Å²) in [5.41, 5.74) is 5.56. The molecule has 4 N–H and O–H groups in total. The summed E-state index contributed by atoms with van der Waals surface area (Å²) in [6.45, 7) is 1.76. The van der Waals surface area contributed by atoms with Crippen LogP contribution in [0.2, 0.25) is 0 Å². The van der Waals surface area contributed by atoms with Gasteiger partial charge in [0.15, 0.2) is 0 Å². The maximum absolute atomic E-state index is 12.3. The lowest BCUT2D eigenvalue weighted by Gasteiger charge is -2.21. The number of carbonyl (C=O) groups excluding carboxylic acids is 2. The predicted octanol–water partition coefficient (Wildman–Crippen LogP) is -1.24. The molecule has 0 radical (unpaired) electrons. The van der Waals surface area contributed by atoms with E-state index in [0.29, 0.717) is 11.5 Å². The number of likely N-dealkylation sites (N-methyl/N-ethyl adjacent to an activating group) is 1.